The van der Waals surface area contributed by atoms with E-state index in [0.29, 0.717) is 13.1 Å². The first-order valence-corrected chi connectivity index (χ1v) is 5.22. The van der Waals surface area contributed by atoms with Gasteiger partial charge in [0, 0.05) is 17.6 Å². The highest BCUT2D eigenvalue weighted by Crippen LogP contribution is 2.05. The summed E-state index contributed by atoms with van der Waals surface area (Å²) >= 11 is 3.17. The van der Waals surface area contributed by atoms with Crippen LogP contribution in [0.4, 0.5) is 0 Å². The third-order valence-electron chi connectivity index (χ3n) is 1.75. The molecule has 0 radical (unpaired) electrons. The lowest BCUT2D eigenvalue weighted by Crippen LogP contribution is -2.35. The van der Waals surface area contributed by atoms with Gasteiger partial charge in [0.15, 0.2) is 0 Å². The first kappa shape index (κ1) is 12.7. The Hall–Kier alpha value is -0.350. The van der Waals surface area contributed by atoms with Gasteiger partial charge in [-0.1, -0.05) is 35.9 Å². The van der Waals surface area contributed by atoms with Crippen LogP contribution in [0.3, 0.4) is 0 Å². The fourth-order valence-electron chi connectivity index (χ4n) is 1.03. The minimum absolute atomic E-state index is 0.0185. The van der Waals surface area contributed by atoms with Gasteiger partial charge >= 0.3 is 0 Å². The van der Waals surface area contributed by atoms with Crippen LogP contribution < -0.4 is 11.1 Å². The summed E-state index contributed by atoms with van der Waals surface area (Å²) in [5, 5.41) is 2.75. The van der Waals surface area contributed by atoms with Crippen LogP contribution in [0.2, 0.25) is 0 Å². The molecule has 76 valence electrons. The first-order valence-electron chi connectivity index (χ1n) is 4.42. The molecule has 1 atom stereocenters. The van der Waals surface area contributed by atoms with Gasteiger partial charge in [0.25, 0.3) is 0 Å². The van der Waals surface area contributed by atoms with Crippen LogP contribution in [0, 0.1) is 5.92 Å². The molecule has 0 bridgehead atoms. The third kappa shape index (κ3) is 5.82. The largest absolute Gasteiger partial charge is 0.351 e. The van der Waals surface area contributed by atoms with Gasteiger partial charge in [0.2, 0.25) is 5.91 Å². The van der Waals surface area contributed by atoms with Crippen LogP contribution in [-0.2, 0) is 4.79 Å². The molecule has 0 aromatic carbocycles. The Kier molecular flexibility index (Phi) is 6.90. The van der Waals surface area contributed by atoms with Gasteiger partial charge in [-0.15, -0.1) is 0 Å². The minimum atomic E-state index is -0.0585. The molecule has 0 spiro atoms. The zero-order valence-electron chi connectivity index (χ0n) is 7.98. The highest BCUT2D eigenvalue weighted by molar-refractivity contribution is 9.11. The average molecular weight is 249 g/mol. The van der Waals surface area contributed by atoms with E-state index < -0.39 is 0 Å². The number of carbonyl (C=O) groups is 1. The molecule has 3 nitrogen and oxygen atoms in total. The van der Waals surface area contributed by atoms with E-state index in [1.54, 1.807) is 0 Å². The molecule has 1 unspecified atom stereocenters. The second-order valence-electron chi connectivity index (χ2n) is 2.96. The molecule has 13 heavy (non-hydrogen) atoms. The van der Waals surface area contributed by atoms with Crippen molar-refractivity contribution in [3.05, 3.63) is 11.1 Å². The standard InChI is InChI=1S/C9H17BrN2O/c1-3-4-8(5-11)9(13)12-6-7(2)10/h8H,2-6,11H2,1H3,(H,12,13). The maximum absolute atomic E-state index is 11.4. The zero-order chi connectivity index (χ0) is 10.3. The van der Waals surface area contributed by atoms with Gasteiger partial charge in [-0.2, -0.15) is 0 Å². The van der Waals surface area contributed by atoms with Crippen molar-refractivity contribution in [3.63, 3.8) is 0 Å². The number of hydrogen-bond donors (Lipinski definition) is 2. The summed E-state index contributed by atoms with van der Waals surface area (Å²) in [5.74, 6) is -0.0400. The molecule has 0 saturated carbocycles. The van der Waals surface area contributed by atoms with Crippen LogP contribution in [0.25, 0.3) is 0 Å². The van der Waals surface area contributed by atoms with Crippen molar-refractivity contribution in [2.24, 2.45) is 11.7 Å². The van der Waals surface area contributed by atoms with Crippen molar-refractivity contribution in [1.82, 2.24) is 5.32 Å². The SMILES string of the molecule is C=C(Br)CNC(=O)C(CN)CCC. The van der Waals surface area contributed by atoms with Crippen molar-refractivity contribution in [2.75, 3.05) is 13.1 Å². The molecule has 0 aliphatic carbocycles. The fourth-order valence-corrected chi connectivity index (χ4v) is 1.17. The molecule has 0 heterocycles. The predicted molar refractivity (Wildman–Crippen MR) is 58.5 cm³/mol. The Labute approximate surface area is 87.9 Å². The predicted octanol–water partition coefficient (Wildman–Crippen LogP) is 1.39. The van der Waals surface area contributed by atoms with Crippen LogP contribution in [0.15, 0.2) is 11.1 Å². The van der Waals surface area contributed by atoms with Crippen molar-refractivity contribution < 1.29 is 4.79 Å². The van der Waals surface area contributed by atoms with Crippen molar-refractivity contribution >= 4 is 21.8 Å². The van der Waals surface area contributed by atoms with E-state index >= 15 is 0 Å². The maximum atomic E-state index is 11.4. The van der Waals surface area contributed by atoms with Gasteiger partial charge in [-0.25, -0.2) is 0 Å². The molecule has 0 fully saturated rings. The van der Waals surface area contributed by atoms with Gasteiger partial charge in [-0.3, -0.25) is 4.79 Å². The summed E-state index contributed by atoms with van der Waals surface area (Å²) in [7, 11) is 0. The molecule has 0 aliphatic rings. The third-order valence-corrected chi connectivity index (χ3v) is 2.03. The van der Waals surface area contributed by atoms with Crippen LogP contribution in [0.1, 0.15) is 19.8 Å². The van der Waals surface area contributed by atoms with E-state index in [4.69, 9.17) is 5.73 Å². The van der Waals surface area contributed by atoms with E-state index in [9.17, 15) is 4.79 Å². The summed E-state index contributed by atoms with van der Waals surface area (Å²) in [6.45, 7) is 6.55. The van der Waals surface area contributed by atoms with Crippen molar-refractivity contribution in [3.8, 4) is 0 Å². The van der Waals surface area contributed by atoms with E-state index in [1.165, 1.54) is 0 Å². The lowest BCUT2D eigenvalue weighted by atomic mass is 10.0. The Morgan fingerprint density at radius 2 is 2.31 bits per heavy atom. The Morgan fingerprint density at radius 3 is 2.69 bits per heavy atom. The van der Waals surface area contributed by atoms with E-state index in [-0.39, 0.29) is 11.8 Å². The summed E-state index contributed by atoms with van der Waals surface area (Å²) in [6.07, 6.45) is 1.82. The van der Waals surface area contributed by atoms with Crippen LogP contribution >= 0.6 is 15.9 Å². The van der Waals surface area contributed by atoms with Gasteiger partial charge in [-0.05, 0) is 6.42 Å². The molecule has 0 rings (SSSR count). The molecule has 1 amide bonds. The maximum Gasteiger partial charge on any atom is 0.224 e. The fraction of sp³-hybridized carbons (Fsp3) is 0.667. The molecule has 3 N–H and O–H groups in total. The summed E-state index contributed by atoms with van der Waals surface area (Å²) in [6, 6.07) is 0. The number of halogens is 1. The molecule has 0 aromatic rings. The average Bonchev–Trinajstić information content (AvgIpc) is 2.10. The monoisotopic (exact) mass is 248 g/mol. The summed E-state index contributed by atoms with van der Waals surface area (Å²) in [4.78, 5) is 11.4. The van der Waals surface area contributed by atoms with Crippen LogP contribution in [-0.4, -0.2) is 19.0 Å². The first-order chi connectivity index (χ1) is 6.11. The van der Waals surface area contributed by atoms with Crippen molar-refractivity contribution in [1.29, 1.82) is 0 Å². The number of nitrogens with one attached hydrogen (secondary N) is 1. The summed E-state index contributed by atoms with van der Waals surface area (Å²) < 4.78 is 0.771. The van der Waals surface area contributed by atoms with Gasteiger partial charge < -0.3 is 11.1 Å². The lowest BCUT2D eigenvalue weighted by molar-refractivity contribution is -0.124. The number of rotatable bonds is 6. The van der Waals surface area contributed by atoms with E-state index in [0.717, 1.165) is 17.3 Å². The quantitative estimate of drug-likeness (QED) is 0.747. The Bertz CT molecular complexity index is 182. The molecule has 0 aliphatic heterocycles. The van der Waals surface area contributed by atoms with Gasteiger partial charge in [0.1, 0.15) is 0 Å². The normalized spacial score (nSPS) is 12.2. The van der Waals surface area contributed by atoms with Crippen molar-refractivity contribution in [2.45, 2.75) is 19.8 Å². The second kappa shape index (κ2) is 7.09. The Morgan fingerprint density at radius 1 is 1.69 bits per heavy atom. The number of amides is 1. The molecule has 4 heteroatoms. The van der Waals surface area contributed by atoms with Gasteiger partial charge in [0.05, 0.1) is 5.92 Å². The van der Waals surface area contributed by atoms with Crippen LogP contribution in [0.5, 0.6) is 0 Å². The Balaban J connectivity index is 3.84. The highest BCUT2D eigenvalue weighted by atomic mass is 79.9. The lowest BCUT2D eigenvalue weighted by Gasteiger charge is -2.13. The number of carbonyl (C=O) groups excluding carboxylic acids is 1. The topological polar surface area (TPSA) is 55.1 Å². The minimum Gasteiger partial charge on any atom is -0.351 e. The number of nitrogens with two attached hydrogens (primary N) is 1. The zero-order valence-corrected chi connectivity index (χ0v) is 9.56. The second-order valence-corrected chi connectivity index (χ2v) is 4.08. The summed E-state index contributed by atoms with van der Waals surface area (Å²) in [5.41, 5.74) is 5.47. The number of hydrogen-bond acceptors (Lipinski definition) is 2. The smallest absolute Gasteiger partial charge is 0.224 e. The molecule has 0 aromatic heterocycles. The highest BCUT2D eigenvalue weighted by Gasteiger charge is 2.14. The molecule has 0 saturated heterocycles. The van der Waals surface area contributed by atoms with E-state index in [1.807, 2.05) is 6.92 Å². The molecular weight excluding hydrogens is 232 g/mol. The molecular formula is C9H17BrN2O. The van der Waals surface area contributed by atoms with E-state index in [2.05, 4.69) is 27.8 Å².